The van der Waals surface area contributed by atoms with Crippen LogP contribution in [0.15, 0.2) is 10.5 Å². The Labute approximate surface area is 84.1 Å². The Bertz CT molecular complexity index is 302. The van der Waals surface area contributed by atoms with Gasteiger partial charge in [-0.1, -0.05) is 0 Å². The number of nitrogens with two attached hydrogens (primary N) is 1. The average Bonchev–Trinajstić information content (AvgIpc) is 2.47. The molecule has 2 heterocycles. The highest BCUT2D eigenvalue weighted by Gasteiger charge is 2.13. The molecule has 1 aliphatic rings. The van der Waals surface area contributed by atoms with Crippen LogP contribution in [0.1, 0.15) is 11.3 Å². The number of nitrogen functional groups attached to an aromatic ring is 1. The third kappa shape index (κ3) is 2.08. The predicted molar refractivity (Wildman–Crippen MR) is 56.0 cm³/mol. The van der Waals surface area contributed by atoms with Crippen molar-refractivity contribution in [3.8, 4) is 0 Å². The predicted octanol–water partition coefficient (Wildman–Crippen LogP) is 0.575. The molecule has 1 saturated heterocycles. The molecule has 1 aromatic rings. The minimum Gasteiger partial charge on any atom is -0.446 e. The molecule has 1 aliphatic heterocycles. The van der Waals surface area contributed by atoms with E-state index in [0.717, 1.165) is 38.5 Å². The lowest BCUT2D eigenvalue weighted by Gasteiger charge is -2.26. The van der Waals surface area contributed by atoms with Crippen molar-refractivity contribution in [1.29, 1.82) is 0 Å². The van der Waals surface area contributed by atoms with Crippen molar-refractivity contribution < 1.29 is 4.42 Å². The first kappa shape index (κ1) is 9.55. The lowest BCUT2D eigenvalue weighted by atomic mass is 10.2. The van der Waals surface area contributed by atoms with Gasteiger partial charge in [0.25, 0.3) is 0 Å². The lowest BCUT2D eigenvalue weighted by Crippen LogP contribution is -2.42. The van der Waals surface area contributed by atoms with E-state index in [1.807, 2.05) is 13.0 Å². The van der Waals surface area contributed by atoms with Crippen molar-refractivity contribution >= 4 is 5.88 Å². The number of furan rings is 1. The van der Waals surface area contributed by atoms with Crippen molar-refractivity contribution in [3.05, 3.63) is 17.4 Å². The molecule has 2 rings (SSSR count). The Hall–Kier alpha value is -1.00. The maximum absolute atomic E-state index is 5.59. The van der Waals surface area contributed by atoms with E-state index in [0.29, 0.717) is 5.88 Å². The van der Waals surface area contributed by atoms with Gasteiger partial charge in [0.1, 0.15) is 5.76 Å². The molecular formula is C10H17N3O. The highest BCUT2D eigenvalue weighted by atomic mass is 16.3. The fourth-order valence-corrected chi connectivity index (χ4v) is 1.81. The van der Waals surface area contributed by atoms with Crippen LogP contribution in [0.3, 0.4) is 0 Å². The van der Waals surface area contributed by atoms with Crippen LogP contribution in [0.2, 0.25) is 0 Å². The normalized spacial score (nSPS) is 18.6. The van der Waals surface area contributed by atoms with Gasteiger partial charge >= 0.3 is 0 Å². The second kappa shape index (κ2) is 4.02. The van der Waals surface area contributed by atoms with Crippen LogP contribution in [-0.4, -0.2) is 31.1 Å². The molecule has 0 radical (unpaired) electrons. The van der Waals surface area contributed by atoms with Gasteiger partial charge in [-0.25, -0.2) is 0 Å². The van der Waals surface area contributed by atoms with E-state index in [4.69, 9.17) is 10.2 Å². The third-order valence-electron chi connectivity index (χ3n) is 2.64. The van der Waals surface area contributed by atoms with E-state index >= 15 is 0 Å². The first-order valence-electron chi connectivity index (χ1n) is 5.03. The highest BCUT2D eigenvalue weighted by molar-refractivity contribution is 5.33. The second-order valence-electron chi connectivity index (χ2n) is 3.76. The summed E-state index contributed by atoms with van der Waals surface area (Å²) in [5.74, 6) is 1.47. The summed E-state index contributed by atoms with van der Waals surface area (Å²) >= 11 is 0. The number of aryl methyl sites for hydroxylation is 1. The van der Waals surface area contributed by atoms with E-state index in [1.54, 1.807) is 0 Å². The zero-order valence-corrected chi connectivity index (χ0v) is 8.55. The van der Waals surface area contributed by atoms with E-state index in [1.165, 1.54) is 5.56 Å². The summed E-state index contributed by atoms with van der Waals surface area (Å²) < 4.78 is 5.29. The molecule has 0 unspecified atom stereocenters. The minimum atomic E-state index is 0.521. The largest absolute Gasteiger partial charge is 0.446 e. The zero-order chi connectivity index (χ0) is 9.97. The van der Waals surface area contributed by atoms with Gasteiger partial charge in [-0.3, -0.25) is 4.90 Å². The molecule has 0 atom stereocenters. The van der Waals surface area contributed by atoms with Gasteiger partial charge in [0, 0.05) is 44.4 Å². The molecule has 1 aromatic heterocycles. The molecule has 0 amide bonds. The molecule has 14 heavy (non-hydrogen) atoms. The minimum absolute atomic E-state index is 0.521. The van der Waals surface area contributed by atoms with E-state index in [2.05, 4.69) is 10.2 Å². The van der Waals surface area contributed by atoms with Gasteiger partial charge in [-0.05, 0) is 6.92 Å². The molecule has 0 aliphatic carbocycles. The maximum Gasteiger partial charge on any atom is 0.190 e. The van der Waals surface area contributed by atoms with Gasteiger partial charge in [0.2, 0.25) is 0 Å². The smallest absolute Gasteiger partial charge is 0.190 e. The molecule has 0 saturated carbocycles. The summed E-state index contributed by atoms with van der Waals surface area (Å²) in [6.45, 7) is 7.27. The van der Waals surface area contributed by atoms with Crippen LogP contribution in [0.25, 0.3) is 0 Å². The number of nitrogens with one attached hydrogen (secondary N) is 1. The first-order valence-corrected chi connectivity index (χ1v) is 5.03. The number of anilines is 1. The molecule has 3 N–H and O–H groups in total. The Morgan fingerprint density at radius 1 is 1.50 bits per heavy atom. The first-order chi connectivity index (χ1) is 6.75. The van der Waals surface area contributed by atoms with Crippen LogP contribution in [-0.2, 0) is 6.54 Å². The van der Waals surface area contributed by atoms with Crippen molar-refractivity contribution in [2.45, 2.75) is 13.5 Å². The van der Waals surface area contributed by atoms with Crippen LogP contribution in [0.4, 0.5) is 5.88 Å². The SMILES string of the molecule is Cc1oc(N)cc1CN1CCNCC1. The monoisotopic (exact) mass is 195 g/mol. The van der Waals surface area contributed by atoms with Gasteiger partial charge in [-0.15, -0.1) is 0 Å². The van der Waals surface area contributed by atoms with Crippen LogP contribution >= 0.6 is 0 Å². The second-order valence-corrected chi connectivity index (χ2v) is 3.76. The van der Waals surface area contributed by atoms with Crippen molar-refractivity contribution in [2.75, 3.05) is 31.9 Å². The number of hydrogen-bond donors (Lipinski definition) is 2. The van der Waals surface area contributed by atoms with Crippen LogP contribution < -0.4 is 11.1 Å². The van der Waals surface area contributed by atoms with Gasteiger partial charge in [-0.2, -0.15) is 0 Å². The Morgan fingerprint density at radius 2 is 2.21 bits per heavy atom. The maximum atomic E-state index is 5.59. The molecule has 1 fully saturated rings. The van der Waals surface area contributed by atoms with E-state index in [-0.39, 0.29) is 0 Å². The molecule has 4 heteroatoms. The summed E-state index contributed by atoms with van der Waals surface area (Å²) in [5.41, 5.74) is 6.80. The average molecular weight is 195 g/mol. The number of hydrogen-bond acceptors (Lipinski definition) is 4. The lowest BCUT2D eigenvalue weighted by molar-refractivity contribution is 0.232. The van der Waals surface area contributed by atoms with Gasteiger partial charge in [0.05, 0.1) is 0 Å². The quantitative estimate of drug-likeness (QED) is 0.724. The highest BCUT2D eigenvalue weighted by Crippen LogP contribution is 2.17. The fraction of sp³-hybridized carbons (Fsp3) is 0.600. The standard InChI is InChI=1S/C10H17N3O/c1-8-9(6-10(11)14-8)7-13-4-2-12-3-5-13/h6,12H,2-5,7,11H2,1H3. The van der Waals surface area contributed by atoms with Crippen molar-refractivity contribution in [3.63, 3.8) is 0 Å². The summed E-state index contributed by atoms with van der Waals surface area (Å²) in [6.07, 6.45) is 0. The van der Waals surface area contributed by atoms with Crippen molar-refractivity contribution in [1.82, 2.24) is 10.2 Å². The van der Waals surface area contributed by atoms with E-state index < -0.39 is 0 Å². The molecule has 78 valence electrons. The molecular weight excluding hydrogens is 178 g/mol. The summed E-state index contributed by atoms with van der Waals surface area (Å²) in [5, 5.41) is 3.33. The topological polar surface area (TPSA) is 54.4 Å². The Kier molecular flexibility index (Phi) is 2.74. The molecule has 0 aromatic carbocycles. The molecule has 4 nitrogen and oxygen atoms in total. The Balaban J connectivity index is 1.98. The fourth-order valence-electron chi connectivity index (χ4n) is 1.81. The van der Waals surface area contributed by atoms with Crippen LogP contribution in [0.5, 0.6) is 0 Å². The Morgan fingerprint density at radius 3 is 2.79 bits per heavy atom. The number of rotatable bonds is 2. The molecule has 0 bridgehead atoms. The molecule has 0 spiro atoms. The summed E-state index contributed by atoms with van der Waals surface area (Å²) in [4.78, 5) is 2.41. The third-order valence-corrected chi connectivity index (χ3v) is 2.64. The number of nitrogens with zero attached hydrogens (tertiary/aromatic N) is 1. The van der Waals surface area contributed by atoms with E-state index in [9.17, 15) is 0 Å². The number of piperazine rings is 1. The van der Waals surface area contributed by atoms with Gasteiger partial charge in [0.15, 0.2) is 5.88 Å². The zero-order valence-electron chi connectivity index (χ0n) is 8.55. The van der Waals surface area contributed by atoms with Crippen LogP contribution in [0, 0.1) is 6.92 Å². The van der Waals surface area contributed by atoms with Crippen molar-refractivity contribution in [2.24, 2.45) is 0 Å². The summed E-state index contributed by atoms with van der Waals surface area (Å²) in [6, 6.07) is 1.93. The van der Waals surface area contributed by atoms with Gasteiger partial charge < -0.3 is 15.5 Å². The summed E-state index contributed by atoms with van der Waals surface area (Å²) in [7, 11) is 0.